The molecule has 0 spiro atoms. The van der Waals surface area contributed by atoms with Crippen molar-refractivity contribution in [2.75, 3.05) is 0 Å². The van der Waals surface area contributed by atoms with E-state index in [9.17, 15) is 18.4 Å². The van der Waals surface area contributed by atoms with E-state index < -0.39 is 17.2 Å². The van der Waals surface area contributed by atoms with Crippen LogP contribution in [0.3, 0.4) is 0 Å². The van der Waals surface area contributed by atoms with Gasteiger partial charge in [-0.3, -0.25) is 4.68 Å². The highest BCUT2D eigenvalue weighted by Gasteiger charge is 2.35. The monoisotopic (exact) mass is 349 g/mol. The topological polar surface area (TPSA) is 41.6 Å². The van der Waals surface area contributed by atoms with Gasteiger partial charge in [-0.25, -0.2) is 0 Å². The Kier molecular flexibility index (Phi) is 4.33. The smallest absolute Gasteiger partial charge is 0.270 e. The SMILES string of the molecule is CCC(C)(C#N)Cn1cc2c(C(F)(F)F)cc(Cl)c(Cl)c2n1. The number of nitriles is 1. The first-order valence-electron chi connectivity index (χ1n) is 6.45. The normalized spacial score (nSPS) is 14.8. The van der Waals surface area contributed by atoms with Crippen LogP contribution in [-0.4, -0.2) is 9.78 Å². The molecule has 1 unspecified atom stereocenters. The van der Waals surface area contributed by atoms with Crippen LogP contribution in [0.2, 0.25) is 10.0 Å². The first-order valence-corrected chi connectivity index (χ1v) is 7.20. The first kappa shape index (κ1) is 16.9. The van der Waals surface area contributed by atoms with Gasteiger partial charge in [0.05, 0.1) is 33.6 Å². The largest absolute Gasteiger partial charge is 0.417 e. The van der Waals surface area contributed by atoms with E-state index in [1.807, 2.05) is 6.92 Å². The summed E-state index contributed by atoms with van der Waals surface area (Å²) in [5.74, 6) is 0. The summed E-state index contributed by atoms with van der Waals surface area (Å²) < 4.78 is 40.7. The summed E-state index contributed by atoms with van der Waals surface area (Å²) in [4.78, 5) is 0. The number of halogens is 5. The number of aromatic nitrogens is 2. The van der Waals surface area contributed by atoms with E-state index in [4.69, 9.17) is 23.2 Å². The van der Waals surface area contributed by atoms with Crippen molar-refractivity contribution >= 4 is 34.1 Å². The van der Waals surface area contributed by atoms with Gasteiger partial charge in [-0.2, -0.15) is 23.5 Å². The molecule has 0 saturated carbocycles. The van der Waals surface area contributed by atoms with Gasteiger partial charge in [0.15, 0.2) is 0 Å². The molecule has 2 aromatic rings. The van der Waals surface area contributed by atoms with Crippen molar-refractivity contribution < 1.29 is 13.2 Å². The average molecular weight is 350 g/mol. The number of benzene rings is 1. The molecule has 0 amide bonds. The second-order valence-corrected chi connectivity index (χ2v) is 6.12. The van der Waals surface area contributed by atoms with Gasteiger partial charge in [0.2, 0.25) is 0 Å². The van der Waals surface area contributed by atoms with E-state index >= 15 is 0 Å². The van der Waals surface area contributed by atoms with Gasteiger partial charge in [-0.15, -0.1) is 0 Å². The van der Waals surface area contributed by atoms with Crippen molar-refractivity contribution in [1.29, 1.82) is 5.26 Å². The Morgan fingerprint density at radius 1 is 1.36 bits per heavy atom. The van der Waals surface area contributed by atoms with Gasteiger partial charge in [-0.05, 0) is 19.4 Å². The maximum absolute atomic E-state index is 13.1. The van der Waals surface area contributed by atoms with Crippen LogP contribution in [0.5, 0.6) is 0 Å². The Balaban J connectivity index is 2.64. The van der Waals surface area contributed by atoms with Crippen LogP contribution in [0, 0.1) is 16.7 Å². The van der Waals surface area contributed by atoms with Crippen LogP contribution < -0.4 is 0 Å². The number of rotatable bonds is 3. The standard InChI is InChI=1S/C14H12Cl2F3N3/c1-3-13(2,6-20)7-22-5-8-9(14(17,18)19)4-10(15)11(16)12(8)21-22/h4-5H,3,7H2,1-2H3. The van der Waals surface area contributed by atoms with Crippen molar-refractivity contribution in [2.24, 2.45) is 5.41 Å². The van der Waals surface area contributed by atoms with Gasteiger partial charge in [0.25, 0.3) is 0 Å². The first-order chi connectivity index (χ1) is 10.1. The van der Waals surface area contributed by atoms with Gasteiger partial charge in [-0.1, -0.05) is 30.1 Å². The van der Waals surface area contributed by atoms with E-state index in [2.05, 4.69) is 11.2 Å². The number of fused-ring (bicyclic) bond motifs is 1. The summed E-state index contributed by atoms with van der Waals surface area (Å²) >= 11 is 11.7. The third-order valence-electron chi connectivity index (χ3n) is 3.61. The molecule has 0 aliphatic carbocycles. The number of hydrogen-bond donors (Lipinski definition) is 0. The van der Waals surface area contributed by atoms with E-state index in [1.165, 1.54) is 10.9 Å². The highest BCUT2D eigenvalue weighted by atomic mass is 35.5. The molecule has 1 atom stereocenters. The molecule has 0 saturated heterocycles. The average Bonchev–Trinajstić information content (AvgIpc) is 2.85. The summed E-state index contributed by atoms with van der Waals surface area (Å²) in [5.41, 5.74) is -1.63. The molecule has 8 heteroatoms. The van der Waals surface area contributed by atoms with Crippen LogP contribution in [0.4, 0.5) is 13.2 Å². The minimum Gasteiger partial charge on any atom is -0.270 e. The lowest BCUT2D eigenvalue weighted by Gasteiger charge is -2.18. The minimum absolute atomic E-state index is 0.0158. The van der Waals surface area contributed by atoms with Crippen molar-refractivity contribution in [3.8, 4) is 6.07 Å². The lowest BCUT2D eigenvalue weighted by Crippen LogP contribution is -2.20. The van der Waals surface area contributed by atoms with Gasteiger partial charge in [0, 0.05) is 11.6 Å². The van der Waals surface area contributed by atoms with Crippen molar-refractivity contribution in [3.05, 3.63) is 27.9 Å². The molecule has 0 aliphatic heterocycles. The molecule has 118 valence electrons. The fourth-order valence-electron chi connectivity index (χ4n) is 2.06. The van der Waals surface area contributed by atoms with Crippen molar-refractivity contribution in [3.63, 3.8) is 0 Å². The second kappa shape index (κ2) is 5.64. The molecule has 0 aliphatic rings. The Morgan fingerprint density at radius 3 is 2.50 bits per heavy atom. The zero-order valence-electron chi connectivity index (χ0n) is 11.8. The summed E-state index contributed by atoms with van der Waals surface area (Å²) in [5, 5.41) is 12.9. The minimum atomic E-state index is -4.57. The molecule has 1 heterocycles. The fraction of sp³-hybridized carbons (Fsp3) is 0.429. The van der Waals surface area contributed by atoms with Gasteiger partial charge in [0.1, 0.15) is 5.52 Å². The second-order valence-electron chi connectivity index (χ2n) is 5.33. The molecule has 0 N–H and O–H groups in total. The van der Waals surface area contributed by atoms with Crippen LogP contribution in [0.1, 0.15) is 25.8 Å². The van der Waals surface area contributed by atoms with Gasteiger partial charge < -0.3 is 0 Å². The summed E-state index contributed by atoms with van der Waals surface area (Å²) in [7, 11) is 0. The summed E-state index contributed by atoms with van der Waals surface area (Å²) in [6, 6.07) is 2.94. The lowest BCUT2D eigenvalue weighted by molar-refractivity contribution is -0.136. The lowest BCUT2D eigenvalue weighted by atomic mass is 9.90. The molecule has 3 nitrogen and oxygen atoms in total. The van der Waals surface area contributed by atoms with E-state index in [0.717, 1.165) is 6.07 Å². The predicted octanol–water partition coefficient (Wildman–Crippen LogP) is 5.30. The number of hydrogen-bond acceptors (Lipinski definition) is 2. The zero-order chi connectivity index (χ0) is 16.7. The molecule has 1 aromatic heterocycles. The molecular weight excluding hydrogens is 338 g/mol. The van der Waals surface area contributed by atoms with Crippen LogP contribution in [0.15, 0.2) is 12.3 Å². The van der Waals surface area contributed by atoms with E-state index in [0.29, 0.717) is 6.42 Å². The fourth-order valence-corrected chi connectivity index (χ4v) is 2.45. The summed E-state index contributed by atoms with van der Waals surface area (Å²) in [6.45, 7) is 3.72. The van der Waals surface area contributed by atoms with Crippen LogP contribution in [-0.2, 0) is 12.7 Å². The maximum atomic E-state index is 13.1. The van der Waals surface area contributed by atoms with Gasteiger partial charge >= 0.3 is 6.18 Å². The molecule has 0 radical (unpaired) electrons. The molecule has 0 bridgehead atoms. The highest BCUT2D eigenvalue weighted by molar-refractivity contribution is 6.45. The quantitative estimate of drug-likeness (QED) is 0.754. The number of alkyl halides is 3. The predicted molar refractivity (Wildman–Crippen MR) is 78.8 cm³/mol. The van der Waals surface area contributed by atoms with Crippen molar-refractivity contribution in [2.45, 2.75) is 33.0 Å². The highest BCUT2D eigenvalue weighted by Crippen LogP contribution is 2.40. The Morgan fingerprint density at radius 2 is 2.00 bits per heavy atom. The van der Waals surface area contributed by atoms with Crippen LogP contribution >= 0.6 is 23.2 Å². The van der Waals surface area contributed by atoms with Crippen LogP contribution in [0.25, 0.3) is 10.9 Å². The summed E-state index contributed by atoms with van der Waals surface area (Å²) in [6.07, 6.45) is -2.77. The van der Waals surface area contributed by atoms with Crippen molar-refractivity contribution in [1.82, 2.24) is 9.78 Å². The van der Waals surface area contributed by atoms with E-state index in [-0.39, 0.29) is 27.5 Å². The van der Waals surface area contributed by atoms with E-state index in [1.54, 1.807) is 6.92 Å². The molecule has 22 heavy (non-hydrogen) atoms. The Bertz CT molecular complexity index is 761. The Hall–Kier alpha value is -1.45. The molecule has 1 aromatic carbocycles. The zero-order valence-corrected chi connectivity index (χ0v) is 13.3. The third-order valence-corrected chi connectivity index (χ3v) is 4.38. The molecular formula is C14H12Cl2F3N3. The molecule has 2 rings (SSSR count). The third kappa shape index (κ3) is 3.01. The maximum Gasteiger partial charge on any atom is 0.417 e. The molecule has 0 fully saturated rings. The Labute approximate surface area is 135 Å². The number of nitrogens with zero attached hydrogens (tertiary/aromatic N) is 3.